The molecular weight excluding hydrogens is 199 g/mol. The van der Waals surface area contributed by atoms with Gasteiger partial charge in [-0.25, -0.2) is 4.39 Å². The summed E-state index contributed by atoms with van der Waals surface area (Å²) >= 11 is 0. The lowest BCUT2D eigenvalue weighted by molar-refractivity contribution is 0.627. The van der Waals surface area contributed by atoms with Gasteiger partial charge < -0.3 is 0 Å². The first-order valence-electron chi connectivity index (χ1n) is 5.25. The molecule has 0 atom stereocenters. The number of halogens is 1. The summed E-state index contributed by atoms with van der Waals surface area (Å²) in [4.78, 5) is 0. The fourth-order valence-electron chi connectivity index (χ4n) is 1.60. The number of hydrogen-bond donors (Lipinski definition) is 0. The van der Waals surface area contributed by atoms with E-state index in [1.54, 1.807) is 12.1 Å². The van der Waals surface area contributed by atoms with E-state index in [1.807, 2.05) is 37.3 Å². The van der Waals surface area contributed by atoms with Crippen molar-refractivity contribution >= 4 is 11.6 Å². The molecule has 1 heteroatoms. The minimum absolute atomic E-state index is 0.198. The topological polar surface area (TPSA) is 0 Å². The molecule has 0 saturated carbocycles. The second-order valence-electron chi connectivity index (χ2n) is 3.74. The largest absolute Gasteiger partial charge is 0.207 e. The van der Waals surface area contributed by atoms with Crippen LogP contribution in [0.5, 0.6) is 0 Å². The van der Waals surface area contributed by atoms with E-state index >= 15 is 0 Å². The number of allylic oxidation sites excluding steroid dienone is 1. The summed E-state index contributed by atoms with van der Waals surface area (Å²) in [5.74, 6) is -0.198. The minimum atomic E-state index is -0.198. The Kier molecular flexibility index (Phi) is 3.16. The van der Waals surface area contributed by atoms with Gasteiger partial charge in [0.2, 0.25) is 0 Å². The monoisotopic (exact) mass is 212 g/mol. The molecule has 2 aromatic carbocycles. The molecule has 0 amide bonds. The van der Waals surface area contributed by atoms with Gasteiger partial charge in [0.25, 0.3) is 0 Å². The van der Waals surface area contributed by atoms with Crippen LogP contribution in [0.4, 0.5) is 4.39 Å². The Bertz CT molecular complexity index is 481. The highest BCUT2D eigenvalue weighted by Gasteiger charge is 1.96. The van der Waals surface area contributed by atoms with Gasteiger partial charge in [-0.2, -0.15) is 0 Å². The highest BCUT2D eigenvalue weighted by molar-refractivity contribution is 5.79. The summed E-state index contributed by atoms with van der Waals surface area (Å²) in [6.07, 6.45) is 2.09. The van der Waals surface area contributed by atoms with Crippen LogP contribution in [-0.2, 0) is 0 Å². The van der Waals surface area contributed by atoms with Gasteiger partial charge in [-0.15, -0.1) is 0 Å². The zero-order chi connectivity index (χ0) is 11.4. The van der Waals surface area contributed by atoms with Crippen molar-refractivity contribution in [1.29, 1.82) is 0 Å². The Labute approximate surface area is 95.1 Å². The van der Waals surface area contributed by atoms with Crippen molar-refractivity contribution in [2.75, 3.05) is 0 Å². The summed E-state index contributed by atoms with van der Waals surface area (Å²) in [6.45, 7) is 2.03. The predicted molar refractivity (Wildman–Crippen MR) is 66.4 cm³/mol. The number of hydrogen-bond acceptors (Lipinski definition) is 0. The predicted octanol–water partition coefficient (Wildman–Crippen LogP) is 4.39. The Morgan fingerprint density at radius 1 is 0.938 bits per heavy atom. The molecule has 0 aliphatic rings. The van der Waals surface area contributed by atoms with E-state index in [4.69, 9.17) is 0 Å². The number of benzene rings is 2. The van der Waals surface area contributed by atoms with Gasteiger partial charge in [-0.1, -0.05) is 48.5 Å². The SMILES string of the molecule is C/C(=C\c1ccccc1)c1ccc(F)cc1. The normalized spacial score (nSPS) is 11.5. The Hall–Kier alpha value is -1.89. The molecule has 0 aliphatic heterocycles. The average molecular weight is 212 g/mol. The second kappa shape index (κ2) is 4.75. The molecule has 2 aromatic rings. The van der Waals surface area contributed by atoms with E-state index in [1.165, 1.54) is 12.1 Å². The molecule has 0 heterocycles. The van der Waals surface area contributed by atoms with Gasteiger partial charge in [-0.05, 0) is 35.8 Å². The van der Waals surface area contributed by atoms with E-state index in [-0.39, 0.29) is 5.82 Å². The molecule has 0 unspecified atom stereocenters. The summed E-state index contributed by atoms with van der Waals surface area (Å²) in [5.41, 5.74) is 3.33. The van der Waals surface area contributed by atoms with Gasteiger partial charge in [0.05, 0.1) is 0 Å². The molecule has 16 heavy (non-hydrogen) atoms. The van der Waals surface area contributed by atoms with Crippen molar-refractivity contribution in [3.8, 4) is 0 Å². The average Bonchev–Trinajstić information content (AvgIpc) is 2.31. The summed E-state index contributed by atoms with van der Waals surface area (Å²) < 4.78 is 12.8. The van der Waals surface area contributed by atoms with Crippen LogP contribution >= 0.6 is 0 Å². The van der Waals surface area contributed by atoms with E-state index < -0.39 is 0 Å². The molecular formula is C15H13F. The van der Waals surface area contributed by atoms with E-state index in [2.05, 4.69) is 6.08 Å². The van der Waals surface area contributed by atoms with Crippen LogP contribution in [0.1, 0.15) is 18.1 Å². The van der Waals surface area contributed by atoms with Crippen LogP contribution < -0.4 is 0 Å². The van der Waals surface area contributed by atoms with Gasteiger partial charge in [0, 0.05) is 0 Å². The quantitative estimate of drug-likeness (QED) is 0.648. The van der Waals surface area contributed by atoms with E-state index in [9.17, 15) is 4.39 Å². The van der Waals surface area contributed by atoms with Crippen LogP contribution in [0, 0.1) is 5.82 Å². The Morgan fingerprint density at radius 3 is 2.19 bits per heavy atom. The lowest BCUT2D eigenvalue weighted by Crippen LogP contribution is -1.81. The molecule has 0 fully saturated rings. The fourth-order valence-corrected chi connectivity index (χ4v) is 1.60. The molecule has 0 nitrogen and oxygen atoms in total. The highest BCUT2D eigenvalue weighted by Crippen LogP contribution is 2.17. The maximum absolute atomic E-state index is 12.8. The Balaban J connectivity index is 2.28. The van der Waals surface area contributed by atoms with Crippen LogP contribution in [0.25, 0.3) is 11.6 Å². The first-order valence-corrected chi connectivity index (χ1v) is 5.25. The lowest BCUT2D eigenvalue weighted by atomic mass is 10.0. The Morgan fingerprint density at radius 2 is 1.56 bits per heavy atom. The van der Waals surface area contributed by atoms with Crippen molar-refractivity contribution in [1.82, 2.24) is 0 Å². The van der Waals surface area contributed by atoms with Crippen molar-refractivity contribution in [2.24, 2.45) is 0 Å². The molecule has 0 aliphatic carbocycles. The van der Waals surface area contributed by atoms with Crippen LogP contribution in [0.3, 0.4) is 0 Å². The summed E-state index contributed by atoms with van der Waals surface area (Å²) in [7, 11) is 0. The van der Waals surface area contributed by atoms with Crippen molar-refractivity contribution in [3.05, 3.63) is 71.5 Å². The highest BCUT2D eigenvalue weighted by atomic mass is 19.1. The first kappa shape index (κ1) is 10.6. The minimum Gasteiger partial charge on any atom is -0.207 e. The van der Waals surface area contributed by atoms with Crippen LogP contribution in [-0.4, -0.2) is 0 Å². The zero-order valence-electron chi connectivity index (χ0n) is 9.15. The zero-order valence-corrected chi connectivity index (χ0v) is 9.15. The maximum Gasteiger partial charge on any atom is 0.123 e. The molecule has 0 saturated heterocycles. The van der Waals surface area contributed by atoms with Crippen LogP contribution in [0.2, 0.25) is 0 Å². The summed E-state index contributed by atoms with van der Waals surface area (Å²) in [6, 6.07) is 16.7. The van der Waals surface area contributed by atoms with Gasteiger partial charge in [0.1, 0.15) is 5.82 Å². The fraction of sp³-hybridized carbons (Fsp3) is 0.0667. The van der Waals surface area contributed by atoms with Crippen molar-refractivity contribution in [2.45, 2.75) is 6.92 Å². The third-order valence-electron chi connectivity index (χ3n) is 2.48. The van der Waals surface area contributed by atoms with E-state index in [0.29, 0.717) is 0 Å². The van der Waals surface area contributed by atoms with Gasteiger partial charge in [0.15, 0.2) is 0 Å². The maximum atomic E-state index is 12.8. The first-order chi connectivity index (χ1) is 7.75. The third-order valence-corrected chi connectivity index (χ3v) is 2.48. The molecule has 0 radical (unpaired) electrons. The van der Waals surface area contributed by atoms with Gasteiger partial charge >= 0.3 is 0 Å². The van der Waals surface area contributed by atoms with Crippen molar-refractivity contribution < 1.29 is 4.39 Å². The standard InChI is InChI=1S/C15H13F/c1-12(11-13-5-3-2-4-6-13)14-7-9-15(16)10-8-14/h2-11H,1H3/b12-11+. The molecule has 0 bridgehead atoms. The molecule has 0 spiro atoms. The summed E-state index contributed by atoms with van der Waals surface area (Å²) in [5, 5.41) is 0. The molecule has 0 N–H and O–H groups in total. The molecule has 0 aromatic heterocycles. The second-order valence-corrected chi connectivity index (χ2v) is 3.74. The lowest BCUT2D eigenvalue weighted by Gasteiger charge is -2.01. The van der Waals surface area contributed by atoms with Crippen molar-refractivity contribution in [3.63, 3.8) is 0 Å². The number of rotatable bonds is 2. The third kappa shape index (κ3) is 2.57. The van der Waals surface area contributed by atoms with E-state index in [0.717, 1.165) is 16.7 Å². The molecule has 80 valence electrons. The molecule has 2 rings (SSSR count). The van der Waals surface area contributed by atoms with Gasteiger partial charge in [-0.3, -0.25) is 0 Å². The smallest absolute Gasteiger partial charge is 0.123 e. The van der Waals surface area contributed by atoms with Crippen LogP contribution in [0.15, 0.2) is 54.6 Å².